The normalized spacial score (nSPS) is 11.4. The molecule has 2 heterocycles. The molecule has 7 aromatic rings. The number of nitrogens with zero attached hydrogens (tertiary/aromatic N) is 2. The lowest BCUT2D eigenvalue weighted by molar-refractivity contribution is 1.08. The number of benzene rings is 5. The summed E-state index contributed by atoms with van der Waals surface area (Å²) in [7, 11) is 0. The van der Waals surface area contributed by atoms with E-state index in [1.54, 1.807) is 0 Å². The molecule has 0 fully saturated rings. The van der Waals surface area contributed by atoms with E-state index in [4.69, 9.17) is 4.98 Å². The van der Waals surface area contributed by atoms with Gasteiger partial charge in [0.1, 0.15) is 5.82 Å². The zero-order valence-electron chi connectivity index (χ0n) is 19.8. The van der Waals surface area contributed by atoms with Gasteiger partial charge in [-0.3, -0.25) is 4.57 Å². The average Bonchev–Trinajstić information content (AvgIpc) is 3.28. The first kappa shape index (κ1) is 20.7. The van der Waals surface area contributed by atoms with Crippen LogP contribution in [0.3, 0.4) is 0 Å². The first-order chi connectivity index (χ1) is 17.8. The molecule has 0 aliphatic carbocycles. The van der Waals surface area contributed by atoms with Crippen LogP contribution in [0.1, 0.15) is 11.1 Å². The van der Waals surface area contributed by atoms with E-state index in [0.29, 0.717) is 0 Å². The molecule has 0 unspecified atom stereocenters. The largest absolute Gasteiger partial charge is 0.293 e. The fourth-order valence-corrected chi connectivity index (χ4v) is 5.38. The van der Waals surface area contributed by atoms with Gasteiger partial charge in [-0.15, -0.1) is 0 Å². The molecule has 0 N–H and O–H groups in total. The lowest BCUT2D eigenvalue weighted by atomic mass is 9.98. The van der Waals surface area contributed by atoms with Crippen molar-refractivity contribution in [3.05, 3.63) is 145 Å². The lowest BCUT2D eigenvalue weighted by Gasteiger charge is -2.10. The Bertz CT molecular complexity index is 1850. The summed E-state index contributed by atoms with van der Waals surface area (Å²) in [5, 5.41) is 4.99. The van der Waals surface area contributed by atoms with E-state index in [0.717, 1.165) is 12.2 Å². The molecule has 0 radical (unpaired) electrons. The molecule has 7 rings (SSSR count). The third kappa shape index (κ3) is 3.47. The molecule has 36 heavy (non-hydrogen) atoms. The molecule has 0 bridgehead atoms. The van der Waals surface area contributed by atoms with E-state index in [9.17, 15) is 0 Å². The van der Waals surface area contributed by atoms with Gasteiger partial charge in [0.2, 0.25) is 0 Å². The van der Waals surface area contributed by atoms with Crippen molar-refractivity contribution in [3.8, 4) is 16.9 Å². The summed E-state index contributed by atoms with van der Waals surface area (Å²) in [6.45, 7) is 0. The summed E-state index contributed by atoms with van der Waals surface area (Å²) in [5.74, 6) is 0.942. The average molecular weight is 461 g/mol. The molecule has 5 aromatic carbocycles. The molecule has 0 saturated carbocycles. The number of hydrogen-bond donors (Lipinski definition) is 0. The molecular weight excluding hydrogens is 436 g/mol. The topological polar surface area (TPSA) is 17.8 Å². The fourth-order valence-electron chi connectivity index (χ4n) is 5.38. The second-order valence-electron chi connectivity index (χ2n) is 9.30. The fraction of sp³-hybridized carbons (Fsp3) is 0.0294. The van der Waals surface area contributed by atoms with Crippen LogP contribution in [0.25, 0.3) is 49.5 Å². The highest BCUT2D eigenvalue weighted by Gasteiger charge is 2.16. The van der Waals surface area contributed by atoms with Gasteiger partial charge in [0.25, 0.3) is 0 Å². The Kier molecular flexibility index (Phi) is 4.89. The highest BCUT2D eigenvalue weighted by molar-refractivity contribution is 6.18. The molecule has 0 amide bonds. The van der Waals surface area contributed by atoms with Gasteiger partial charge in [-0.05, 0) is 52.3 Å². The maximum atomic E-state index is 4.75. The maximum absolute atomic E-state index is 4.75. The van der Waals surface area contributed by atoms with Crippen LogP contribution in [0, 0.1) is 0 Å². The van der Waals surface area contributed by atoms with E-state index in [-0.39, 0.29) is 0 Å². The Morgan fingerprint density at radius 3 is 2.19 bits per heavy atom. The molecule has 0 aliphatic heterocycles. The monoisotopic (exact) mass is 460 g/mol. The van der Waals surface area contributed by atoms with Crippen molar-refractivity contribution >= 4 is 32.6 Å². The van der Waals surface area contributed by atoms with Gasteiger partial charge < -0.3 is 0 Å². The quantitative estimate of drug-likeness (QED) is 0.257. The molecule has 0 saturated heterocycles. The van der Waals surface area contributed by atoms with Crippen LogP contribution in [0.15, 0.2) is 134 Å². The Morgan fingerprint density at radius 1 is 0.528 bits per heavy atom. The van der Waals surface area contributed by atoms with E-state index < -0.39 is 0 Å². The minimum absolute atomic E-state index is 0.876. The molecular formula is C34H24N2. The van der Waals surface area contributed by atoms with Crippen LogP contribution in [0.2, 0.25) is 0 Å². The number of pyridine rings is 1. The van der Waals surface area contributed by atoms with Gasteiger partial charge in [-0.25, -0.2) is 4.98 Å². The van der Waals surface area contributed by atoms with E-state index in [1.807, 2.05) is 12.3 Å². The van der Waals surface area contributed by atoms with Crippen molar-refractivity contribution < 1.29 is 0 Å². The predicted molar refractivity (Wildman–Crippen MR) is 151 cm³/mol. The van der Waals surface area contributed by atoms with Gasteiger partial charge in [0, 0.05) is 22.4 Å². The smallest absolute Gasteiger partial charge is 0.137 e. The molecule has 0 atom stereocenters. The summed E-state index contributed by atoms with van der Waals surface area (Å²) in [4.78, 5) is 4.75. The Morgan fingerprint density at radius 2 is 1.31 bits per heavy atom. The van der Waals surface area contributed by atoms with Crippen LogP contribution in [0.4, 0.5) is 0 Å². The van der Waals surface area contributed by atoms with Crippen LogP contribution >= 0.6 is 0 Å². The molecule has 0 spiro atoms. The highest BCUT2D eigenvalue weighted by atomic mass is 15.1. The molecule has 2 nitrogen and oxygen atoms in total. The third-order valence-electron chi connectivity index (χ3n) is 7.04. The highest BCUT2D eigenvalue weighted by Crippen LogP contribution is 2.36. The maximum Gasteiger partial charge on any atom is 0.137 e. The molecule has 170 valence electrons. The predicted octanol–water partition coefficient (Wildman–Crippen LogP) is 8.59. The minimum atomic E-state index is 0.876. The second-order valence-corrected chi connectivity index (χ2v) is 9.30. The summed E-state index contributed by atoms with van der Waals surface area (Å²) in [6, 6.07) is 45.6. The van der Waals surface area contributed by atoms with Gasteiger partial charge in [0.15, 0.2) is 0 Å². The Balaban J connectivity index is 1.41. The molecule has 2 heteroatoms. The van der Waals surface area contributed by atoms with Crippen LogP contribution < -0.4 is 0 Å². The molecule has 0 aliphatic rings. The molecule has 2 aromatic heterocycles. The van der Waals surface area contributed by atoms with Crippen LogP contribution in [0.5, 0.6) is 0 Å². The zero-order chi connectivity index (χ0) is 23.9. The van der Waals surface area contributed by atoms with Gasteiger partial charge >= 0.3 is 0 Å². The summed E-state index contributed by atoms with van der Waals surface area (Å²) in [5.41, 5.74) is 7.50. The van der Waals surface area contributed by atoms with Crippen molar-refractivity contribution in [2.45, 2.75) is 6.42 Å². The third-order valence-corrected chi connectivity index (χ3v) is 7.04. The first-order valence-electron chi connectivity index (χ1n) is 12.4. The summed E-state index contributed by atoms with van der Waals surface area (Å²) >= 11 is 0. The van der Waals surface area contributed by atoms with Gasteiger partial charge in [0.05, 0.1) is 11.0 Å². The number of fused-ring (bicyclic) bond motifs is 5. The number of rotatable bonds is 4. The van der Waals surface area contributed by atoms with Crippen molar-refractivity contribution in [3.63, 3.8) is 0 Å². The van der Waals surface area contributed by atoms with Crippen molar-refractivity contribution in [2.75, 3.05) is 0 Å². The summed E-state index contributed by atoms with van der Waals surface area (Å²) in [6.07, 6.45) is 2.75. The Labute approximate surface area is 210 Å². The summed E-state index contributed by atoms with van der Waals surface area (Å²) < 4.78 is 2.33. The lowest BCUT2D eigenvalue weighted by Crippen LogP contribution is -1.97. The first-order valence-corrected chi connectivity index (χ1v) is 12.4. The van der Waals surface area contributed by atoms with E-state index in [1.165, 1.54) is 54.8 Å². The van der Waals surface area contributed by atoms with Gasteiger partial charge in [-0.1, -0.05) is 109 Å². The number of aromatic nitrogens is 2. The zero-order valence-corrected chi connectivity index (χ0v) is 19.8. The van der Waals surface area contributed by atoms with Crippen LogP contribution in [-0.2, 0) is 6.42 Å². The SMILES string of the molecule is c1ccc(-c2cccc(Cc3ccc4c5ccc6ccccc6c5n(-c5ccccn5)c4c3)c2)cc1. The van der Waals surface area contributed by atoms with Crippen LogP contribution in [-0.4, -0.2) is 9.55 Å². The standard InChI is InChI=1S/C34H24N2/c1-2-10-26(11-3-1)28-13-8-9-24(22-28)21-25-16-18-30-31-19-17-27-12-4-5-14-29(27)34(31)36(32(30)23-25)33-15-6-7-20-35-33/h1-20,22-23H,21H2. The van der Waals surface area contributed by atoms with E-state index >= 15 is 0 Å². The van der Waals surface area contributed by atoms with E-state index in [2.05, 4.69) is 126 Å². The Hall–Kier alpha value is -4.69. The second kappa shape index (κ2) is 8.51. The minimum Gasteiger partial charge on any atom is -0.293 e. The van der Waals surface area contributed by atoms with Crippen molar-refractivity contribution in [1.29, 1.82) is 0 Å². The van der Waals surface area contributed by atoms with Gasteiger partial charge in [-0.2, -0.15) is 0 Å². The van der Waals surface area contributed by atoms with Crippen molar-refractivity contribution in [1.82, 2.24) is 9.55 Å². The van der Waals surface area contributed by atoms with Crippen molar-refractivity contribution in [2.24, 2.45) is 0 Å². The number of hydrogen-bond acceptors (Lipinski definition) is 1.